The Hall–Kier alpha value is -0.443. The van der Waals surface area contributed by atoms with Gasteiger partial charge in [0.2, 0.25) is 10.0 Å². The van der Waals surface area contributed by atoms with Gasteiger partial charge in [-0.1, -0.05) is 38.8 Å². The van der Waals surface area contributed by atoms with Gasteiger partial charge in [-0.3, -0.25) is 0 Å². The zero-order valence-electron chi connectivity index (χ0n) is 18.8. The van der Waals surface area contributed by atoms with E-state index in [1.54, 1.807) is 28.6 Å². The number of hydrogen-bond acceptors (Lipinski definition) is 4. The van der Waals surface area contributed by atoms with E-state index in [0.717, 1.165) is 32.1 Å². The Bertz CT molecular complexity index is 845. The average molecular weight is 474 g/mol. The van der Waals surface area contributed by atoms with Crippen molar-refractivity contribution in [1.29, 1.82) is 0 Å². The number of hydrogen-bond donors (Lipinski definition) is 1. The van der Waals surface area contributed by atoms with Gasteiger partial charge in [0, 0.05) is 11.1 Å². The number of halogens is 1. The Morgan fingerprint density at radius 3 is 2.33 bits per heavy atom. The van der Waals surface area contributed by atoms with Crippen molar-refractivity contribution < 1.29 is 18.0 Å². The predicted octanol–water partition coefficient (Wildman–Crippen LogP) is 5.05. The lowest BCUT2D eigenvalue weighted by molar-refractivity contribution is -0.0375. The summed E-state index contributed by atoms with van der Waals surface area (Å²) >= 11 is 6.00. The van der Waals surface area contributed by atoms with E-state index in [2.05, 4.69) is 20.8 Å². The van der Waals surface area contributed by atoms with Crippen molar-refractivity contribution in [1.82, 2.24) is 4.31 Å². The van der Waals surface area contributed by atoms with Crippen LogP contribution in [0, 0.1) is 5.41 Å². The molecule has 1 aliphatic heterocycles. The van der Waals surface area contributed by atoms with Crippen molar-refractivity contribution in [3.8, 4) is 0 Å². The van der Waals surface area contributed by atoms with Crippen LogP contribution in [0.3, 0.4) is 0 Å². The second-order valence-electron chi connectivity index (χ2n) is 10.3. The molecule has 0 spiro atoms. The van der Waals surface area contributed by atoms with Gasteiger partial charge in [0.05, 0.1) is 24.2 Å². The van der Waals surface area contributed by atoms with E-state index in [4.69, 9.17) is 16.3 Å². The highest BCUT2D eigenvalue weighted by Crippen LogP contribution is 2.61. The molecular formula is C22H36ClNO4SSi. The van der Waals surface area contributed by atoms with Gasteiger partial charge < -0.3 is 9.53 Å². The molecular weight excluding hydrogens is 438 g/mol. The Morgan fingerprint density at radius 1 is 1.23 bits per heavy atom. The summed E-state index contributed by atoms with van der Waals surface area (Å²) in [7, 11) is -6.10. The standard InChI is InChI=1S/C22H36ClNO4SSi/c1-6-7-18-14-28-15-20(22(12-13-22)16-21(2,3)30(4,5)27)24(18)29(25,26)19-10-8-17(23)9-11-19/h8-11,18,20,27H,6-7,12-16H2,1-5H3/t18-,20-/m1/s1. The zero-order chi connectivity index (χ0) is 22.4. The largest absolute Gasteiger partial charge is 0.432 e. The Kier molecular flexibility index (Phi) is 6.85. The molecule has 0 unspecified atom stereocenters. The second-order valence-corrected chi connectivity index (χ2v) is 17.0. The van der Waals surface area contributed by atoms with E-state index in [1.165, 1.54) is 0 Å². The van der Waals surface area contributed by atoms with E-state index in [9.17, 15) is 13.2 Å². The van der Waals surface area contributed by atoms with Crippen LogP contribution in [0.2, 0.25) is 23.2 Å². The van der Waals surface area contributed by atoms with E-state index < -0.39 is 18.3 Å². The van der Waals surface area contributed by atoms with E-state index in [0.29, 0.717) is 18.2 Å². The smallest absolute Gasteiger partial charge is 0.243 e. The van der Waals surface area contributed by atoms with Gasteiger partial charge >= 0.3 is 0 Å². The van der Waals surface area contributed by atoms with Gasteiger partial charge in [0.1, 0.15) is 0 Å². The third-order valence-corrected chi connectivity index (χ3v) is 13.0. The van der Waals surface area contributed by atoms with Crippen LogP contribution >= 0.6 is 11.6 Å². The first-order valence-corrected chi connectivity index (χ1v) is 15.7. The molecule has 0 bridgehead atoms. The lowest BCUT2D eigenvalue weighted by Gasteiger charge is -2.47. The van der Waals surface area contributed by atoms with Crippen LogP contribution in [0.1, 0.15) is 52.9 Å². The summed E-state index contributed by atoms with van der Waals surface area (Å²) < 4.78 is 35.4. The molecule has 5 nitrogen and oxygen atoms in total. The average Bonchev–Trinajstić information content (AvgIpc) is 3.41. The minimum Gasteiger partial charge on any atom is -0.432 e. The third-order valence-electron chi connectivity index (χ3n) is 7.31. The summed E-state index contributed by atoms with van der Waals surface area (Å²) in [4.78, 5) is 11.1. The maximum atomic E-state index is 13.8. The Morgan fingerprint density at radius 2 is 1.83 bits per heavy atom. The minimum absolute atomic E-state index is 0.137. The summed E-state index contributed by atoms with van der Waals surface area (Å²) in [5, 5.41) is 0.310. The maximum absolute atomic E-state index is 13.8. The fraction of sp³-hybridized carbons (Fsp3) is 0.727. The zero-order valence-corrected chi connectivity index (χ0v) is 21.4. The molecule has 1 saturated carbocycles. The molecule has 2 aliphatic rings. The third kappa shape index (κ3) is 4.66. The minimum atomic E-state index is -3.69. The van der Waals surface area contributed by atoms with Crippen LogP contribution in [0.4, 0.5) is 0 Å². The molecule has 1 aromatic rings. The summed E-state index contributed by atoms with van der Waals surface area (Å²) in [5.41, 5.74) is -0.137. The molecule has 0 aromatic heterocycles. The molecule has 0 radical (unpaired) electrons. The van der Waals surface area contributed by atoms with Crippen LogP contribution in [-0.2, 0) is 14.8 Å². The second kappa shape index (κ2) is 8.48. The van der Waals surface area contributed by atoms with Crippen LogP contribution in [-0.4, -0.2) is 51.1 Å². The fourth-order valence-corrected chi connectivity index (χ4v) is 7.50. The van der Waals surface area contributed by atoms with E-state index in [1.807, 2.05) is 13.1 Å². The molecule has 1 saturated heterocycles. The molecule has 170 valence electrons. The van der Waals surface area contributed by atoms with Crippen molar-refractivity contribution in [3.63, 3.8) is 0 Å². The molecule has 1 aliphatic carbocycles. The first-order chi connectivity index (χ1) is 13.8. The first-order valence-electron chi connectivity index (χ1n) is 10.9. The normalized spacial score (nSPS) is 25.3. The fourth-order valence-electron chi connectivity index (χ4n) is 4.68. The van der Waals surface area contributed by atoms with Crippen LogP contribution in [0.5, 0.6) is 0 Å². The lowest BCUT2D eigenvalue weighted by Crippen LogP contribution is -2.58. The van der Waals surface area contributed by atoms with Crippen molar-refractivity contribution in [3.05, 3.63) is 29.3 Å². The maximum Gasteiger partial charge on any atom is 0.243 e. The van der Waals surface area contributed by atoms with Gasteiger partial charge in [-0.05, 0) is 73.5 Å². The van der Waals surface area contributed by atoms with Crippen molar-refractivity contribution >= 4 is 29.9 Å². The molecule has 8 heteroatoms. The molecule has 2 atom stereocenters. The van der Waals surface area contributed by atoms with Crippen LogP contribution in [0.15, 0.2) is 29.2 Å². The molecule has 1 aromatic carbocycles. The summed E-state index contributed by atoms with van der Waals surface area (Å²) in [6.45, 7) is 11.1. The molecule has 30 heavy (non-hydrogen) atoms. The van der Waals surface area contributed by atoms with Crippen molar-refractivity contribution in [2.75, 3.05) is 13.2 Å². The van der Waals surface area contributed by atoms with Crippen molar-refractivity contribution in [2.24, 2.45) is 5.41 Å². The highest BCUT2D eigenvalue weighted by molar-refractivity contribution is 7.89. The first kappa shape index (κ1) is 24.2. The molecule has 0 amide bonds. The van der Waals surface area contributed by atoms with Crippen LogP contribution < -0.4 is 0 Å². The number of nitrogens with zero attached hydrogens (tertiary/aromatic N) is 1. The van der Waals surface area contributed by atoms with Crippen LogP contribution in [0.25, 0.3) is 0 Å². The highest BCUT2D eigenvalue weighted by atomic mass is 35.5. The van der Waals surface area contributed by atoms with E-state index in [-0.39, 0.29) is 27.4 Å². The van der Waals surface area contributed by atoms with Gasteiger partial charge in [-0.15, -0.1) is 0 Å². The molecule has 3 rings (SSSR count). The molecule has 1 heterocycles. The lowest BCUT2D eigenvalue weighted by atomic mass is 9.85. The van der Waals surface area contributed by atoms with Gasteiger partial charge in [0.25, 0.3) is 0 Å². The van der Waals surface area contributed by atoms with Crippen molar-refractivity contribution in [2.45, 2.75) is 88.0 Å². The Labute approximate surface area is 187 Å². The topological polar surface area (TPSA) is 66.8 Å². The number of morpholine rings is 1. The quantitative estimate of drug-likeness (QED) is 0.536. The Balaban J connectivity index is 2.01. The number of rotatable bonds is 8. The van der Waals surface area contributed by atoms with E-state index >= 15 is 0 Å². The predicted molar refractivity (Wildman–Crippen MR) is 124 cm³/mol. The summed E-state index contributed by atoms with van der Waals surface area (Å²) in [6, 6.07) is 6.08. The van der Waals surface area contributed by atoms with Gasteiger partial charge in [0.15, 0.2) is 8.32 Å². The molecule has 2 fully saturated rings. The van der Waals surface area contributed by atoms with Gasteiger partial charge in [-0.25, -0.2) is 8.42 Å². The number of ether oxygens (including phenoxy) is 1. The highest BCUT2D eigenvalue weighted by Gasteiger charge is 2.59. The van der Waals surface area contributed by atoms with Gasteiger partial charge in [-0.2, -0.15) is 4.31 Å². The monoisotopic (exact) mass is 473 g/mol. The summed E-state index contributed by atoms with van der Waals surface area (Å²) in [5.74, 6) is 0. The summed E-state index contributed by atoms with van der Waals surface area (Å²) in [6.07, 6.45) is 4.42. The molecule has 1 N–H and O–H groups in total. The number of sulfonamides is 1. The SMILES string of the molecule is CCC[C@@H]1COC[C@H](C2(CC(C)(C)[Si](C)(C)O)CC2)N1S(=O)(=O)c1ccc(Cl)cc1. The number of benzene rings is 1.